The zero-order chi connectivity index (χ0) is 10.7. The third kappa shape index (κ3) is 14.8. The maximum Gasteiger partial charge on any atom is -0.0440 e. The highest BCUT2D eigenvalue weighted by atomic mass is 14.1. The molecule has 0 aromatic carbocycles. The summed E-state index contributed by atoms with van der Waals surface area (Å²) in [5, 5.41) is 0. The normalized spacial score (nSPS) is 14.3. The van der Waals surface area contributed by atoms with Crippen LogP contribution >= 0.6 is 0 Å². The van der Waals surface area contributed by atoms with E-state index in [2.05, 4.69) is 41.5 Å². The molecular weight excluding hydrogens is 156 g/mol. The van der Waals surface area contributed by atoms with E-state index in [0.717, 1.165) is 11.8 Å². The molecule has 0 N–H and O–H groups in total. The highest BCUT2D eigenvalue weighted by Crippen LogP contribution is 2.18. The predicted octanol–water partition coefficient (Wildman–Crippen LogP) is 5.28. The van der Waals surface area contributed by atoms with E-state index in [4.69, 9.17) is 0 Å². The van der Waals surface area contributed by atoms with Gasteiger partial charge in [0.1, 0.15) is 0 Å². The summed E-state index contributed by atoms with van der Waals surface area (Å²) in [6.45, 7) is 13.5. The SMILES string of the molecule is CCC.CCCC(C)CC(C)CC. The Bertz CT molecular complexity index is 76.1. The van der Waals surface area contributed by atoms with Crippen LogP contribution in [-0.4, -0.2) is 0 Å². The van der Waals surface area contributed by atoms with Crippen molar-refractivity contribution in [1.82, 2.24) is 0 Å². The average Bonchev–Trinajstić information content (AvgIpc) is 2.06. The van der Waals surface area contributed by atoms with Gasteiger partial charge >= 0.3 is 0 Å². The first-order chi connectivity index (χ1) is 6.12. The molecule has 0 rings (SSSR count). The first-order valence-corrected chi connectivity index (χ1v) is 6.12. The fourth-order valence-electron chi connectivity index (χ4n) is 1.46. The molecule has 82 valence electrons. The van der Waals surface area contributed by atoms with Crippen LogP contribution in [0.3, 0.4) is 0 Å². The van der Waals surface area contributed by atoms with Gasteiger partial charge in [0.05, 0.1) is 0 Å². The Balaban J connectivity index is 0. The summed E-state index contributed by atoms with van der Waals surface area (Å²) in [5.74, 6) is 1.88. The molecule has 0 nitrogen and oxygen atoms in total. The molecule has 0 amide bonds. The van der Waals surface area contributed by atoms with Gasteiger partial charge < -0.3 is 0 Å². The van der Waals surface area contributed by atoms with Gasteiger partial charge in [-0.3, -0.25) is 0 Å². The Morgan fingerprint density at radius 3 is 1.62 bits per heavy atom. The number of hydrogen-bond donors (Lipinski definition) is 0. The molecule has 0 fully saturated rings. The van der Waals surface area contributed by atoms with Crippen LogP contribution in [0.5, 0.6) is 0 Å². The minimum Gasteiger partial charge on any atom is -0.0656 e. The molecule has 0 radical (unpaired) electrons. The zero-order valence-corrected chi connectivity index (χ0v) is 10.7. The van der Waals surface area contributed by atoms with E-state index in [9.17, 15) is 0 Å². The summed E-state index contributed by atoms with van der Waals surface area (Å²) in [6, 6.07) is 0. The summed E-state index contributed by atoms with van der Waals surface area (Å²) >= 11 is 0. The smallest absolute Gasteiger partial charge is 0.0440 e. The Morgan fingerprint density at radius 2 is 1.31 bits per heavy atom. The van der Waals surface area contributed by atoms with E-state index in [1.54, 1.807) is 0 Å². The Kier molecular flexibility index (Phi) is 14.3. The molecule has 0 aliphatic carbocycles. The van der Waals surface area contributed by atoms with Gasteiger partial charge in [0.25, 0.3) is 0 Å². The van der Waals surface area contributed by atoms with Gasteiger partial charge in [0.2, 0.25) is 0 Å². The molecule has 0 aliphatic heterocycles. The summed E-state index contributed by atoms with van der Waals surface area (Å²) in [6.07, 6.45) is 6.76. The molecular formula is C13H30. The summed E-state index contributed by atoms with van der Waals surface area (Å²) < 4.78 is 0. The van der Waals surface area contributed by atoms with Crippen molar-refractivity contribution < 1.29 is 0 Å². The maximum atomic E-state index is 2.37. The summed E-state index contributed by atoms with van der Waals surface area (Å²) in [4.78, 5) is 0. The van der Waals surface area contributed by atoms with Crippen molar-refractivity contribution >= 4 is 0 Å². The lowest BCUT2D eigenvalue weighted by Gasteiger charge is -2.14. The van der Waals surface area contributed by atoms with Gasteiger partial charge in [-0.25, -0.2) is 0 Å². The minimum atomic E-state index is 0.932. The van der Waals surface area contributed by atoms with Crippen molar-refractivity contribution in [2.45, 2.75) is 73.6 Å². The van der Waals surface area contributed by atoms with E-state index in [0.29, 0.717) is 0 Å². The molecule has 13 heavy (non-hydrogen) atoms. The second kappa shape index (κ2) is 12.0. The average molecular weight is 186 g/mol. The van der Waals surface area contributed by atoms with Crippen molar-refractivity contribution in [2.75, 3.05) is 0 Å². The predicted molar refractivity (Wildman–Crippen MR) is 64.1 cm³/mol. The molecule has 2 unspecified atom stereocenters. The highest BCUT2D eigenvalue weighted by Gasteiger charge is 2.04. The Hall–Kier alpha value is 0. The second-order valence-electron chi connectivity index (χ2n) is 4.35. The lowest BCUT2D eigenvalue weighted by atomic mass is 9.92. The molecule has 0 heterocycles. The number of hydrogen-bond acceptors (Lipinski definition) is 0. The fraction of sp³-hybridized carbons (Fsp3) is 1.00. The summed E-state index contributed by atoms with van der Waals surface area (Å²) in [7, 11) is 0. The van der Waals surface area contributed by atoms with E-state index < -0.39 is 0 Å². The van der Waals surface area contributed by atoms with Crippen molar-refractivity contribution in [3.8, 4) is 0 Å². The molecule has 0 bridgehead atoms. The molecule has 2 atom stereocenters. The fourth-order valence-corrected chi connectivity index (χ4v) is 1.46. The second-order valence-corrected chi connectivity index (χ2v) is 4.35. The van der Waals surface area contributed by atoms with Crippen LogP contribution in [0.25, 0.3) is 0 Å². The molecule has 0 saturated heterocycles. The van der Waals surface area contributed by atoms with Gasteiger partial charge in [-0.05, 0) is 18.3 Å². The molecule has 0 spiro atoms. The quantitative estimate of drug-likeness (QED) is 0.548. The van der Waals surface area contributed by atoms with Crippen molar-refractivity contribution in [3.63, 3.8) is 0 Å². The van der Waals surface area contributed by atoms with Crippen molar-refractivity contribution in [3.05, 3.63) is 0 Å². The van der Waals surface area contributed by atoms with Crippen LogP contribution < -0.4 is 0 Å². The van der Waals surface area contributed by atoms with Crippen LogP contribution in [-0.2, 0) is 0 Å². The molecule has 0 aliphatic rings. The first-order valence-electron chi connectivity index (χ1n) is 6.12. The molecule has 0 saturated carbocycles. The standard InChI is InChI=1S/C10H22.C3H8/c1-5-7-10(4)8-9(3)6-2;1-3-2/h9-10H,5-8H2,1-4H3;3H2,1-2H3. The van der Waals surface area contributed by atoms with Gasteiger partial charge in [-0.2, -0.15) is 0 Å². The lowest BCUT2D eigenvalue weighted by molar-refractivity contribution is 0.384. The highest BCUT2D eigenvalue weighted by molar-refractivity contribution is 4.57. The number of rotatable bonds is 5. The monoisotopic (exact) mass is 186 g/mol. The van der Waals surface area contributed by atoms with E-state index in [1.807, 2.05) is 0 Å². The van der Waals surface area contributed by atoms with Crippen molar-refractivity contribution in [1.29, 1.82) is 0 Å². The van der Waals surface area contributed by atoms with Crippen LogP contribution in [0.4, 0.5) is 0 Å². The Morgan fingerprint density at radius 1 is 0.846 bits per heavy atom. The first kappa shape index (κ1) is 15.5. The molecule has 0 heteroatoms. The van der Waals surface area contributed by atoms with Crippen LogP contribution in [0.2, 0.25) is 0 Å². The molecule has 0 aromatic rings. The maximum absolute atomic E-state index is 2.37. The van der Waals surface area contributed by atoms with E-state index in [-0.39, 0.29) is 0 Å². The summed E-state index contributed by atoms with van der Waals surface area (Å²) in [5.41, 5.74) is 0. The van der Waals surface area contributed by atoms with Gasteiger partial charge in [-0.1, -0.05) is 67.2 Å². The van der Waals surface area contributed by atoms with Crippen LogP contribution in [0, 0.1) is 11.8 Å². The van der Waals surface area contributed by atoms with E-state index >= 15 is 0 Å². The van der Waals surface area contributed by atoms with Gasteiger partial charge in [0.15, 0.2) is 0 Å². The van der Waals surface area contributed by atoms with Crippen molar-refractivity contribution in [2.24, 2.45) is 11.8 Å². The third-order valence-corrected chi connectivity index (χ3v) is 2.28. The largest absolute Gasteiger partial charge is 0.0656 e. The third-order valence-electron chi connectivity index (χ3n) is 2.28. The van der Waals surface area contributed by atoms with E-state index in [1.165, 1.54) is 32.1 Å². The van der Waals surface area contributed by atoms with Gasteiger partial charge in [0, 0.05) is 0 Å². The topological polar surface area (TPSA) is 0 Å². The lowest BCUT2D eigenvalue weighted by Crippen LogP contribution is -2.01. The van der Waals surface area contributed by atoms with Crippen LogP contribution in [0.1, 0.15) is 73.6 Å². The minimum absolute atomic E-state index is 0.932. The zero-order valence-electron chi connectivity index (χ0n) is 10.7. The Labute approximate surface area is 86.1 Å². The van der Waals surface area contributed by atoms with Crippen LogP contribution in [0.15, 0.2) is 0 Å². The molecule has 0 aromatic heterocycles. The van der Waals surface area contributed by atoms with Gasteiger partial charge in [-0.15, -0.1) is 0 Å².